The molecule has 1 aromatic rings. The molecule has 60 valence electrons. The van der Waals surface area contributed by atoms with E-state index in [0.717, 1.165) is 15.6 Å². The van der Waals surface area contributed by atoms with E-state index in [4.69, 9.17) is 11.6 Å². The van der Waals surface area contributed by atoms with Crippen LogP contribution in [0.1, 0.15) is 11.1 Å². The first-order valence-electron chi connectivity index (χ1n) is 3.19. The molecule has 0 spiro atoms. The summed E-state index contributed by atoms with van der Waals surface area (Å²) in [6.45, 7) is 1.96. The van der Waals surface area contributed by atoms with Gasteiger partial charge in [-0.2, -0.15) is 0 Å². The van der Waals surface area contributed by atoms with Gasteiger partial charge in [0.2, 0.25) is 0 Å². The van der Waals surface area contributed by atoms with Gasteiger partial charge in [-0.25, -0.2) is 0 Å². The Bertz CT molecular complexity index is 273. The van der Waals surface area contributed by atoms with Gasteiger partial charge in [-0.15, -0.1) is 0 Å². The minimum Gasteiger partial charge on any atom is -0.506 e. The molecule has 1 aromatic carbocycles. The maximum atomic E-state index is 9.39. The second-order valence-electron chi connectivity index (χ2n) is 2.39. The molecule has 0 atom stereocenters. The van der Waals surface area contributed by atoms with Crippen molar-refractivity contribution in [1.29, 1.82) is 0 Å². The first-order valence-corrected chi connectivity index (χ1v) is 5.09. The van der Waals surface area contributed by atoms with Gasteiger partial charge in [0.25, 0.3) is 0 Å². The maximum Gasteiger partial charge on any atom is 0.138 e. The van der Waals surface area contributed by atoms with E-state index in [-0.39, 0.29) is 5.75 Å². The van der Waals surface area contributed by atoms with Crippen molar-refractivity contribution in [2.45, 2.75) is 11.4 Å². The Balaban J connectivity index is 3.24. The van der Waals surface area contributed by atoms with Crippen LogP contribution in [0.25, 0.3) is 0 Å². The molecule has 0 saturated heterocycles. The van der Waals surface area contributed by atoms with Crippen LogP contribution < -0.4 is 0 Å². The number of benzene rings is 1. The highest BCUT2D eigenvalue weighted by Gasteiger charge is 2.04. The fourth-order valence-electron chi connectivity index (χ4n) is 0.908. The predicted molar refractivity (Wildman–Crippen MR) is 55.6 cm³/mol. The molecule has 0 unspecified atom stereocenters. The monoisotopic (exact) mass is 282 g/mol. The minimum atomic E-state index is 0.215. The molecule has 0 heterocycles. The number of aryl methyl sites for hydroxylation is 1. The number of phenolic OH excluding ortho intramolecular Hbond substituents is 1. The van der Waals surface area contributed by atoms with Crippen LogP contribution in [0.2, 0.25) is 5.02 Å². The normalized spacial score (nSPS) is 10.1. The number of alkyl halides is 1. The molecule has 0 fully saturated rings. The summed E-state index contributed by atoms with van der Waals surface area (Å²) in [5, 5.41) is 9.83. The second-order valence-corrected chi connectivity index (χ2v) is 3.56. The van der Waals surface area contributed by atoms with E-state index >= 15 is 0 Å². The molecule has 1 nitrogen and oxygen atoms in total. The van der Waals surface area contributed by atoms with Gasteiger partial charge >= 0.3 is 0 Å². The van der Waals surface area contributed by atoms with Gasteiger partial charge in [0.05, 0.1) is 5.02 Å². The van der Waals surface area contributed by atoms with E-state index in [1.54, 1.807) is 6.07 Å². The van der Waals surface area contributed by atoms with Gasteiger partial charge in [-0.05, 0) is 18.6 Å². The summed E-state index contributed by atoms with van der Waals surface area (Å²) >= 11 is 7.94. The first-order chi connectivity index (χ1) is 5.15. The molecule has 0 bridgehead atoms. The number of hydrogen-bond donors (Lipinski definition) is 1. The third-order valence-corrected chi connectivity index (χ3v) is 2.54. The zero-order chi connectivity index (χ0) is 8.43. The standard InChI is InChI=1S/C8H8ClIO/c1-5-2-6(4-10)8(11)7(9)3-5/h2-3,11H,4H2,1H3. The molecule has 0 amide bonds. The van der Waals surface area contributed by atoms with Crippen molar-refractivity contribution >= 4 is 34.2 Å². The molecule has 3 heteroatoms. The Morgan fingerprint density at radius 2 is 2.18 bits per heavy atom. The molecule has 0 aromatic heterocycles. The van der Waals surface area contributed by atoms with E-state index in [1.807, 2.05) is 13.0 Å². The van der Waals surface area contributed by atoms with Crippen LogP contribution in [0.15, 0.2) is 12.1 Å². The number of phenols is 1. The van der Waals surface area contributed by atoms with Gasteiger partial charge in [0, 0.05) is 9.99 Å². The van der Waals surface area contributed by atoms with Gasteiger partial charge in [-0.1, -0.05) is 40.3 Å². The average molecular weight is 283 g/mol. The smallest absolute Gasteiger partial charge is 0.138 e. The van der Waals surface area contributed by atoms with Gasteiger partial charge in [-0.3, -0.25) is 0 Å². The SMILES string of the molecule is Cc1cc(Cl)c(O)c(CI)c1. The Hall–Kier alpha value is 0.0400. The highest BCUT2D eigenvalue weighted by Crippen LogP contribution is 2.30. The lowest BCUT2D eigenvalue weighted by molar-refractivity contribution is 0.471. The summed E-state index contributed by atoms with van der Waals surface area (Å²) in [4.78, 5) is 0. The van der Waals surface area contributed by atoms with Crippen LogP contribution in [0.5, 0.6) is 5.75 Å². The number of hydrogen-bond acceptors (Lipinski definition) is 1. The number of rotatable bonds is 1. The summed E-state index contributed by atoms with van der Waals surface area (Å²) in [6, 6.07) is 3.69. The fraction of sp³-hybridized carbons (Fsp3) is 0.250. The summed E-state index contributed by atoms with van der Waals surface area (Å²) < 4.78 is 0.783. The van der Waals surface area contributed by atoms with Crippen molar-refractivity contribution in [3.8, 4) is 5.75 Å². The van der Waals surface area contributed by atoms with E-state index in [0.29, 0.717) is 5.02 Å². The van der Waals surface area contributed by atoms with Crippen molar-refractivity contribution < 1.29 is 5.11 Å². The van der Waals surface area contributed by atoms with Crippen molar-refractivity contribution in [3.05, 3.63) is 28.3 Å². The first kappa shape index (κ1) is 9.13. The molecule has 0 saturated carbocycles. The van der Waals surface area contributed by atoms with E-state index in [2.05, 4.69) is 22.6 Å². The summed E-state index contributed by atoms with van der Waals surface area (Å²) in [6.07, 6.45) is 0. The van der Waals surface area contributed by atoms with E-state index in [9.17, 15) is 5.11 Å². The Kier molecular flexibility index (Phi) is 3.01. The highest BCUT2D eigenvalue weighted by molar-refractivity contribution is 14.1. The van der Waals surface area contributed by atoms with Crippen molar-refractivity contribution in [3.63, 3.8) is 0 Å². The lowest BCUT2D eigenvalue weighted by Gasteiger charge is -2.03. The lowest BCUT2D eigenvalue weighted by atomic mass is 10.1. The van der Waals surface area contributed by atoms with Crippen LogP contribution in [-0.2, 0) is 4.43 Å². The average Bonchev–Trinajstić information content (AvgIpc) is 1.96. The Morgan fingerprint density at radius 1 is 1.55 bits per heavy atom. The van der Waals surface area contributed by atoms with Gasteiger partial charge in [0.1, 0.15) is 5.75 Å². The molecule has 1 rings (SSSR count). The minimum absolute atomic E-state index is 0.215. The van der Waals surface area contributed by atoms with E-state index < -0.39 is 0 Å². The second kappa shape index (κ2) is 3.63. The van der Waals surface area contributed by atoms with Crippen LogP contribution in [0, 0.1) is 6.92 Å². The largest absolute Gasteiger partial charge is 0.506 e. The Labute approximate surface area is 84.5 Å². The molecule has 0 aliphatic rings. The van der Waals surface area contributed by atoms with Gasteiger partial charge < -0.3 is 5.11 Å². The van der Waals surface area contributed by atoms with Crippen molar-refractivity contribution in [2.24, 2.45) is 0 Å². The van der Waals surface area contributed by atoms with Crippen LogP contribution in [0.3, 0.4) is 0 Å². The zero-order valence-corrected chi connectivity index (χ0v) is 8.98. The Morgan fingerprint density at radius 3 is 2.73 bits per heavy atom. The van der Waals surface area contributed by atoms with Crippen LogP contribution in [-0.4, -0.2) is 5.11 Å². The fourth-order valence-corrected chi connectivity index (χ4v) is 1.78. The maximum absolute atomic E-state index is 9.39. The van der Waals surface area contributed by atoms with Crippen molar-refractivity contribution in [1.82, 2.24) is 0 Å². The predicted octanol–water partition coefficient (Wildman–Crippen LogP) is 3.29. The van der Waals surface area contributed by atoms with Crippen molar-refractivity contribution in [2.75, 3.05) is 0 Å². The van der Waals surface area contributed by atoms with E-state index in [1.165, 1.54) is 0 Å². The summed E-state index contributed by atoms with van der Waals surface area (Å²) in [5.41, 5.74) is 1.98. The molecular weight excluding hydrogens is 274 g/mol. The topological polar surface area (TPSA) is 20.2 Å². The molecule has 11 heavy (non-hydrogen) atoms. The molecular formula is C8H8ClIO. The van der Waals surface area contributed by atoms with Gasteiger partial charge in [0.15, 0.2) is 0 Å². The highest BCUT2D eigenvalue weighted by atomic mass is 127. The number of halogens is 2. The summed E-state index contributed by atoms with van der Waals surface area (Å²) in [7, 11) is 0. The zero-order valence-electron chi connectivity index (χ0n) is 6.06. The summed E-state index contributed by atoms with van der Waals surface area (Å²) in [5.74, 6) is 0.215. The lowest BCUT2D eigenvalue weighted by Crippen LogP contribution is -1.82. The van der Waals surface area contributed by atoms with Crippen LogP contribution >= 0.6 is 34.2 Å². The number of aromatic hydroxyl groups is 1. The molecule has 0 aliphatic carbocycles. The van der Waals surface area contributed by atoms with Crippen LogP contribution in [0.4, 0.5) is 0 Å². The molecule has 0 radical (unpaired) electrons. The third kappa shape index (κ3) is 1.99. The molecule has 1 N–H and O–H groups in total. The third-order valence-electron chi connectivity index (χ3n) is 1.43. The molecule has 0 aliphatic heterocycles. The quantitative estimate of drug-likeness (QED) is 0.619.